The number of aliphatic carboxylic acids is 1. The number of nitrogens with zero attached hydrogens (tertiary/aromatic N) is 1. The lowest BCUT2D eigenvalue weighted by molar-refractivity contribution is -0.142. The Morgan fingerprint density at radius 2 is 1.81 bits per heavy atom. The minimum atomic E-state index is -1.10. The summed E-state index contributed by atoms with van der Waals surface area (Å²) in [6.45, 7) is 9.43. The molecule has 5 nitrogen and oxygen atoms in total. The number of halogens is 1. The summed E-state index contributed by atoms with van der Waals surface area (Å²) in [5, 5.41) is 10.3. The van der Waals surface area contributed by atoms with Crippen molar-refractivity contribution in [3.05, 3.63) is 87.9 Å². The highest BCUT2D eigenvalue weighted by Gasteiger charge is 2.50. The van der Waals surface area contributed by atoms with E-state index in [4.69, 9.17) is 16.3 Å². The van der Waals surface area contributed by atoms with Crippen molar-refractivity contribution < 1.29 is 19.4 Å². The van der Waals surface area contributed by atoms with Gasteiger partial charge in [-0.2, -0.15) is 0 Å². The predicted molar refractivity (Wildman–Crippen MR) is 142 cm³/mol. The van der Waals surface area contributed by atoms with E-state index in [1.54, 1.807) is 43.0 Å². The minimum Gasteiger partial charge on any atom is -0.488 e. The van der Waals surface area contributed by atoms with Crippen LogP contribution in [0.15, 0.2) is 60.7 Å². The summed E-state index contributed by atoms with van der Waals surface area (Å²) in [5.74, 6) is -0.179. The van der Waals surface area contributed by atoms with E-state index < -0.39 is 16.8 Å². The van der Waals surface area contributed by atoms with Crippen LogP contribution in [0, 0.1) is 0 Å². The van der Waals surface area contributed by atoms with Gasteiger partial charge >= 0.3 is 5.97 Å². The average Bonchev–Trinajstić information content (AvgIpc) is 3.05. The van der Waals surface area contributed by atoms with Gasteiger partial charge in [-0.05, 0) is 106 Å². The van der Waals surface area contributed by atoms with Gasteiger partial charge in [-0.3, -0.25) is 14.5 Å². The zero-order chi connectivity index (χ0) is 26.0. The third-order valence-corrected chi connectivity index (χ3v) is 7.99. The number of hydrogen-bond donors (Lipinski definition) is 1. The first-order chi connectivity index (χ1) is 16.8. The first kappa shape index (κ1) is 24.4. The van der Waals surface area contributed by atoms with Crippen molar-refractivity contribution in [2.75, 3.05) is 4.90 Å². The predicted octanol–water partition coefficient (Wildman–Crippen LogP) is 6.79. The Morgan fingerprint density at radius 1 is 1.06 bits per heavy atom. The van der Waals surface area contributed by atoms with Crippen LogP contribution in [-0.4, -0.2) is 22.6 Å². The molecule has 0 spiro atoms. The number of carbonyl (C=O) groups is 2. The molecule has 2 heterocycles. The summed E-state index contributed by atoms with van der Waals surface area (Å²) in [6, 6.07) is 18.7. The summed E-state index contributed by atoms with van der Waals surface area (Å²) in [6.07, 6.45) is 1.77. The van der Waals surface area contributed by atoms with Crippen LogP contribution < -0.4 is 9.64 Å². The summed E-state index contributed by atoms with van der Waals surface area (Å²) < 4.78 is 6.18. The van der Waals surface area contributed by atoms with Gasteiger partial charge in [-0.1, -0.05) is 35.9 Å². The highest BCUT2D eigenvalue weighted by molar-refractivity contribution is 6.31. The Morgan fingerprint density at radius 3 is 2.53 bits per heavy atom. The molecule has 5 rings (SSSR count). The summed E-state index contributed by atoms with van der Waals surface area (Å²) in [4.78, 5) is 27.9. The molecule has 0 bridgehead atoms. The summed E-state index contributed by atoms with van der Waals surface area (Å²) in [7, 11) is 0. The van der Waals surface area contributed by atoms with Crippen LogP contribution in [0.3, 0.4) is 0 Å². The zero-order valence-electron chi connectivity index (χ0n) is 21.2. The van der Waals surface area contributed by atoms with Gasteiger partial charge in [0, 0.05) is 10.7 Å². The number of carboxylic acids is 1. The topological polar surface area (TPSA) is 66.8 Å². The van der Waals surface area contributed by atoms with Crippen molar-refractivity contribution in [2.45, 2.75) is 63.9 Å². The van der Waals surface area contributed by atoms with E-state index in [0.717, 1.165) is 41.0 Å². The van der Waals surface area contributed by atoms with E-state index >= 15 is 0 Å². The maximum absolute atomic E-state index is 14.3. The lowest BCUT2D eigenvalue weighted by atomic mass is 9.76. The molecule has 1 amide bonds. The monoisotopic (exact) mass is 503 g/mol. The second kappa shape index (κ2) is 8.10. The van der Waals surface area contributed by atoms with Crippen LogP contribution in [0.25, 0.3) is 0 Å². The van der Waals surface area contributed by atoms with Crippen LogP contribution in [0.4, 0.5) is 11.4 Å². The van der Waals surface area contributed by atoms with Gasteiger partial charge in [-0.15, -0.1) is 0 Å². The van der Waals surface area contributed by atoms with E-state index in [1.807, 2.05) is 37.3 Å². The SMILES string of the molecule is CC1(C)CCc2cc([C@]3(C)C(=O)N(c4cccc(C(C)(C)C(=O)O)c4)c4ccc(Cl)cc43)ccc2O1. The van der Waals surface area contributed by atoms with Gasteiger partial charge in [0.2, 0.25) is 5.91 Å². The molecule has 6 heteroatoms. The zero-order valence-corrected chi connectivity index (χ0v) is 21.9. The Hall–Kier alpha value is -3.31. The fourth-order valence-corrected chi connectivity index (χ4v) is 5.39. The lowest BCUT2D eigenvalue weighted by Gasteiger charge is -2.34. The van der Waals surface area contributed by atoms with Crippen LogP contribution in [0.5, 0.6) is 5.75 Å². The number of fused-ring (bicyclic) bond motifs is 2. The molecule has 2 aliphatic rings. The first-order valence-electron chi connectivity index (χ1n) is 12.2. The van der Waals surface area contributed by atoms with Crippen LogP contribution in [-0.2, 0) is 26.8 Å². The van der Waals surface area contributed by atoms with E-state index in [0.29, 0.717) is 16.3 Å². The van der Waals surface area contributed by atoms with Gasteiger partial charge in [0.05, 0.1) is 16.5 Å². The largest absolute Gasteiger partial charge is 0.488 e. The number of rotatable bonds is 4. The molecule has 3 aromatic rings. The van der Waals surface area contributed by atoms with Crippen molar-refractivity contribution in [3.63, 3.8) is 0 Å². The third-order valence-electron chi connectivity index (χ3n) is 7.75. The normalized spacial score (nSPS) is 20.5. The Bertz CT molecular complexity index is 1410. The van der Waals surface area contributed by atoms with Crippen molar-refractivity contribution in [1.82, 2.24) is 0 Å². The number of benzene rings is 3. The Labute approximate surface area is 216 Å². The van der Waals surface area contributed by atoms with Crippen molar-refractivity contribution >= 4 is 34.9 Å². The van der Waals surface area contributed by atoms with Gasteiger partial charge in [-0.25, -0.2) is 0 Å². The molecular weight excluding hydrogens is 474 g/mol. The second-order valence-corrected chi connectivity index (χ2v) is 11.5. The molecule has 0 aliphatic carbocycles. The minimum absolute atomic E-state index is 0.109. The molecule has 0 radical (unpaired) electrons. The first-order valence-corrected chi connectivity index (χ1v) is 12.5. The molecule has 0 fully saturated rings. The molecule has 1 N–H and O–H groups in total. The molecule has 186 valence electrons. The number of hydrogen-bond acceptors (Lipinski definition) is 3. The average molecular weight is 504 g/mol. The number of carbonyl (C=O) groups excluding carboxylic acids is 1. The van der Waals surface area contributed by atoms with Crippen molar-refractivity contribution in [1.29, 1.82) is 0 Å². The number of aryl methyl sites for hydroxylation is 1. The number of carboxylic acid groups (broad SMARTS) is 1. The summed E-state index contributed by atoms with van der Waals surface area (Å²) >= 11 is 6.43. The maximum Gasteiger partial charge on any atom is 0.313 e. The van der Waals surface area contributed by atoms with Gasteiger partial charge in [0.1, 0.15) is 11.4 Å². The van der Waals surface area contributed by atoms with Crippen LogP contribution in [0.1, 0.15) is 63.3 Å². The molecule has 3 aromatic carbocycles. The van der Waals surface area contributed by atoms with Gasteiger partial charge in [0.25, 0.3) is 0 Å². The number of amides is 1. The van der Waals surface area contributed by atoms with Gasteiger partial charge in [0.15, 0.2) is 0 Å². The second-order valence-electron chi connectivity index (χ2n) is 11.1. The van der Waals surface area contributed by atoms with Crippen LogP contribution in [0.2, 0.25) is 5.02 Å². The lowest BCUT2D eigenvalue weighted by Crippen LogP contribution is -2.37. The quantitative estimate of drug-likeness (QED) is 0.425. The fourth-order valence-electron chi connectivity index (χ4n) is 5.21. The highest BCUT2D eigenvalue weighted by Crippen LogP contribution is 2.51. The van der Waals surface area contributed by atoms with E-state index in [9.17, 15) is 14.7 Å². The van der Waals surface area contributed by atoms with E-state index in [-0.39, 0.29) is 11.5 Å². The molecule has 0 saturated heterocycles. The highest BCUT2D eigenvalue weighted by atomic mass is 35.5. The standard InChI is InChI=1S/C30H30ClNO4/c1-28(2)14-13-18-15-20(9-12-25(18)36-28)30(5)23-17-21(31)10-11-24(23)32(26(30)33)22-8-6-7-19(16-22)29(3,4)27(34)35/h6-12,15-17H,13-14H2,1-5H3,(H,34,35)/t30-/m0/s1. The molecule has 36 heavy (non-hydrogen) atoms. The molecular formula is C30H30ClNO4. The number of ether oxygens (including phenoxy) is 1. The van der Waals surface area contributed by atoms with Gasteiger partial charge < -0.3 is 9.84 Å². The third kappa shape index (κ3) is 3.68. The molecule has 0 aromatic heterocycles. The maximum atomic E-state index is 14.3. The number of anilines is 2. The van der Waals surface area contributed by atoms with Crippen molar-refractivity contribution in [2.24, 2.45) is 0 Å². The smallest absolute Gasteiger partial charge is 0.313 e. The molecule has 2 aliphatic heterocycles. The Kier molecular flexibility index (Phi) is 5.49. The fraction of sp³-hybridized carbons (Fsp3) is 0.333. The van der Waals surface area contributed by atoms with E-state index in [1.165, 1.54) is 0 Å². The molecule has 1 atom stereocenters. The van der Waals surface area contributed by atoms with E-state index in [2.05, 4.69) is 19.9 Å². The van der Waals surface area contributed by atoms with Crippen LogP contribution >= 0.6 is 11.6 Å². The van der Waals surface area contributed by atoms with Crippen molar-refractivity contribution in [3.8, 4) is 5.75 Å². The Balaban J connectivity index is 1.65. The molecule has 0 unspecified atom stereocenters. The molecule has 0 saturated carbocycles. The summed E-state index contributed by atoms with van der Waals surface area (Å²) in [5.41, 5.74) is 2.49.